The van der Waals surface area contributed by atoms with E-state index in [9.17, 15) is 31.1 Å². The van der Waals surface area contributed by atoms with Gasteiger partial charge >= 0.3 is 18.4 Å². The van der Waals surface area contributed by atoms with Gasteiger partial charge in [0.25, 0.3) is 0 Å². The molecule has 25 heavy (non-hydrogen) atoms. The maximum atomic E-state index is 13.2. The Morgan fingerprint density at radius 1 is 1.04 bits per heavy atom. The van der Waals surface area contributed by atoms with E-state index in [0.29, 0.717) is 12.1 Å². The minimum Gasteiger partial charge on any atom is -0.431 e. The number of carbonyl (C=O) groups excluding carboxylic acids is 1. The molecule has 2 aromatic heterocycles. The van der Waals surface area contributed by atoms with Crippen LogP contribution in [-0.2, 0) is 10.9 Å². The number of cyclic esters (lactones) is 1. The fourth-order valence-corrected chi connectivity index (χ4v) is 2.34. The third-order valence-corrected chi connectivity index (χ3v) is 3.36. The summed E-state index contributed by atoms with van der Waals surface area (Å²) in [5.74, 6) is -0.449. The summed E-state index contributed by atoms with van der Waals surface area (Å²) in [5.41, 5.74) is -2.32. The fourth-order valence-electron chi connectivity index (χ4n) is 2.34. The molecule has 132 valence electrons. The van der Waals surface area contributed by atoms with Crippen molar-refractivity contribution in [1.29, 1.82) is 0 Å². The molecule has 0 unspecified atom stereocenters. The molecule has 0 radical (unpaired) electrons. The van der Waals surface area contributed by atoms with Crippen molar-refractivity contribution in [3.8, 4) is 11.3 Å². The van der Waals surface area contributed by atoms with Gasteiger partial charge in [-0.25, -0.2) is 9.78 Å². The normalized spacial score (nSPS) is 17.5. The SMILES string of the molecule is O=C1Nc2nccc(-c3cc(C(F)(F)F)ccn3)c2[C@H](C(F)(F)F)O1. The van der Waals surface area contributed by atoms with E-state index in [-0.39, 0.29) is 11.3 Å². The molecule has 1 N–H and O–H groups in total. The number of amides is 1. The number of fused-ring (bicyclic) bond motifs is 1. The van der Waals surface area contributed by atoms with E-state index in [0.717, 1.165) is 18.5 Å². The molecule has 0 fully saturated rings. The number of aromatic nitrogens is 2. The van der Waals surface area contributed by atoms with Crippen molar-refractivity contribution in [2.45, 2.75) is 18.5 Å². The molecule has 1 atom stereocenters. The molecule has 0 saturated heterocycles. The van der Waals surface area contributed by atoms with E-state index in [1.165, 1.54) is 0 Å². The van der Waals surface area contributed by atoms with Gasteiger partial charge in [0.1, 0.15) is 5.82 Å². The lowest BCUT2D eigenvalue weighted by Crippen LogP contribution is -2.34. The first kappa shape index (κ1) is 17.0. The number of anilines is 1. The van der Waals surface area contributed by atoms with Crippen molar-refractivity contribution >= 4 is 11.9 Å². The highest BCUT2D eigenvalue weighted by Crippen LogP contribution is 2.45. The third-order valence-electron chi connectivity index (χ3n) is 3.36. The summed E-state index contributed by atoms with van der Waals surface area (Å²) in [6, 6.07) is 2.37. The smallest absolute Gasteiger partial charge is 0.430 e. The Morgan fingerprint density at radius 3 is 2.36 bits per heavy atom. The summed E-state index contributed by atoms with van der Waals surface area (Å²) < 4.78 is 82.5. The largest absolute Gasteiger partial charge is 0.431 e. The van der Waals surface area contributed by atoms with Gasteiger partial charge in [-0.3, -0.25) is 10.3 Å². The van der Waals surface area contributed by atoms with Crippen molar-refractivity contribution in [3.63, 3.8) is 0 Å². The van der Waals surface area contributed by atoms with Crippen LogP contribution in [0.2, 0.25) is 0 Å². The van der Waals surface area contributed by atoms with E-state index >= 15 is 0 Å². The first-order valence-electron chi connectivity index (χ1n) is 6.64. The topological polar surface area (TPSA) is 64.1 Å². The highest BCUT2D eigenvalue weighted by molar-refractivity contribution is 5.89. The number of alkyl halides is 6. The van der Waals surface area contributed by atoms with Gasteiger partial charge in [-0.1, -0.05) is 0 Å². The number of nitrogens with one attached hydrogen (secondary N) is 1. The maximum Gasteiger partial charge on any atom is 0.430 e. The van der Waals surface area contributed by atoms with Gasteiger partial charge in [0.15, 0.2) is 0 Å². The van der Waals surface area contributed by atoms with E-state index in [1.54, 1.807) is 0 Å². The van der Waals surface area contributed by atoms with Crippen molar-refractivity contribution in [3.05, 3.63) is 41.7 Å². The molecular weight excluding hydrogens is 356 g/mol. The van der Waals surface area contributed by atoms with Crippen LogP contribution < -0.4 is 5.32 Å². The third kappa shape index (κ3) is 3.21. The van der Waals surface area contributed by atoms with Crippen LogP contribution in [-0.4, -0.2) is 22.2 Å². The van der Waals surface area contributed by atoms with Crippen molar-refractivity contribution in [2.24, 2.45) is 0 Å². The highest BCUT2D eigenvalue weighted by Gasteiger charge is 2.49. The summed E-state index contributed by atoms with van der Waals surface area (Å²) in [4.78, 5) is 18.6. The number of rotatable bonds is 1. The minimum atomic E-state index is -4.98. The van der Waals surface area contributed by atoms with Crippen molar-refractivity contribution in [2.75, 3.05) is 5.32 Å². The average molecular weight is 363 g/mol. The molecule has 11 heteroatoms. The lowest BCUT2D eigenvalue weighted by molar-refractivity contribution is -0.206. The molecule has 5 nitrogen and oxygen atoms in total. The summed E-state index contributed by atoms with van der Waals surface area (Å²) in [5, 5.41) is 1.99. The number of carbonyl (C=O) groups is 1. The standard InChI is InChI=1S/C14H7F6N3O2/c15-13(16,17)6-1-3-21-8(5-6)7-2-4-22-11-9(7)10(14(18,19)20)25-12(24)23-11/h1-5,10H,(H,22,23,24)/t10-/m1/s1. The van der Waals surface area contributed by atoms with Gasteiger partial charge in [-0.2, -0.15) is 26.3 Å². The molecule has 1 aliphatic rings. The molecule has 0 aromatic carbocycles. The zero-order chi connectivity index (χ0) is 18.4. The maximum absolute atomic E-state index is 13.2. The fraction of sp³-hybridized carbons (Fsp3) is 0.214. The van der Waals surface area contributed by atoms with Gasteiger partial charge in [0.05, 0.1) is 16.8 Å². The van der Waals surface area contributed by atoms with Crippen LogP contribution in [0.4, 0.5) is 37.0 Å². The Balaban J connectivity index is 2.20. The number of pyridine rings is 2. The van der Waals surface area contributed by atoms with E-state index in [4.69, 9.17) is 0 Å². The van der Waals surface area contributed by atoms with E-state index < -0.39 is 41.5 Å². The summed E-state index contributed by atoms with van der Waals surface area (Å²) in [6.45, 7) is 0. The zero-order valence-corrected chi connectivity index (χ0v) is 11.9. The molecular formula is C14H7F6N3O2. The van der Waals surface area contributed by atoms with Crippen LogP contribution in [0.1, 0.15) is 17.2 Å². The first-order chi connectivity index (χ1) is 11.6. The van der Waals surface area contributed by atoms with Crippen LogP contribution in [0, 0.1) is 0 Å². The van der Waals surface area contributed by atoms with Gasteiger partial charge in [0, 0.05) is 18.0 Å². The molecule has 0 bridgehead atoms. The number of hydrogen-bond acceptors (Lipinski definition) is 4. The molecule has 1 aliphatic heterocycles. The van der Waals surface area contributed by atoms with E-state index in [2.05, 4.69) is 14.7 Å². The Kier molecular flexibility index (Phi) is 3.81. The molecule has 0 spiro atoms. The molecule has 1 amide bonds. The van der Waals surface area contributed by atoms with E-state index in [1.807, 2.05) is 5.32 Å². The second-order valence-electron chi connectivity index (χ2n) is 5.00. The number of halogens is 6. The predicted octanol–water partition coefficient (Wildman–Crippen LogP) is 4.33. The second-order valence-corrected chi connectivity index (χ2v) is 5.00. The Labute approximate surface area is 135 Å². The van der Waals surface area contributed by atoms with Crippen LogP contribution >= 0.6 is 0 Å². The van der Waals surface area contributed by atoms with Gasteiger partial charge in [-0.15, -0.1) is 0 Å². The van der Waals surface area contributed by atoms with Crippen LogP contribution in [0.5, 0.6) is 0 Å². The first-order valence-corrected chi connectivity index (χ1v) is 6.64. The predicted molar refractivity (Wildman–Crippen MR) is 71.4 cm³/mol. The lowest BCUT2D eigenvalue weighted by atomic mass is 9.98. The Morgan fingerprint density at radius 2 is 1.72 bits per heavy atom. The van der Waals surface area contributed by atoms with Gasteiger partial charge in [-0.05, 0) is 18.2 Å². The number of hydrogen-bond donors (Lipinski definition) is 1. The molecule has 3 heterocycles. The monoisotopic (exact) mass is 363 g/mol. The van der Waals surface area contributed by atoms with Crippen LogP contribution in [0.15, 0.2) is 30.6 Å². The zero-order valence-electron chi connectivity index (χ0n) is 11.9. The number of nitrogens with zero attached hydrogens (tertiary/aromatic N) is 2. The Hall–Kier alpha value is -2.85. The highest BCUT2D eigenvalue weighted by atomic mass is 19.4. The molecule has 3 rings (SSSR count). The molecule has 2 aromatic rings. The number of ether oxygens (including phenoxy) is 1. The quantitative estimate of drug-likeness (QED) is 0.766. The molecule has 0 aliphatic carbocycles. The minimum absolute atomic E-state index is 0.279. The summed E-state index contributed by atoms with van der Waals surface area (Å²) >= 11 is 0. The van der Waals surface area contributed by atoms with Crippen molar-refractivity contribution < 1.29 is 35.9 Å². The summed E-state index contributed by atoms with van der Waals surface area (Å²) in [6.07, 6.45) is -11.8. The molecule has 0 saturated carbocycles. The van der Waals surface area contributed by atoms with Crippen LogP contribution in [0.3, 0.4) is 0 Å². The second kappa shape index (κ2) is 5.60. The average Bonchev–Trinajstić information content (AvgIpc) is 2.51. The lowest BCUT2D eigenvalue weighted by Gasteiger charge is -2.28. The van der Waals surface area contributed by atoms with Gasteiger partial charge < -0.3 is 4.74 Å². The van der Waals surface area contributed by atoms with Crippen molar-refractivity contribution in [1.82, 2.24) is 9.97 Å². The van der Waals surface area contributed by atoms with Crippen LogP contribution in [0.25, 0.3) is 11.3 Å². The summed E-state index contributed by atoms with van der Waals surface area (Å²) in [7, 11) is 0. The van der Waals surface area contributed by atoms with Gasteiger partial charge in [0.2, 0.25) is 6.10 Å². The Bertz CT molecular complexity index is 834.